The van der Waals surface area contributed by atoms with E-state index in [0.717, 1.165) is 49.1 Å². The van der Waals surface area contributed by atoms with Crippen LogP contribution in [0.1, 0.15) is 31.3 Å². The lowest BCUT2D eigenvalue weighted by molar-refractivity contribution is -0.130. The summed E-state index contributed by atoms with van der Waals surface area (Å²) < 4.78 is 1.80. The lowest BCUT2D eigenvalue weighted by Crippen LogP contribution is -2.48. The van der Waals surface area contributed by atoms with Crippen LogP contribution in [0.15, 0.2) is 24.3 Å². The zero-order valence-corrected chi connectivity index (χ0v) is 17.3. The van der Waals surface area contributed by atoms with Gasteiger partial charge < -0.3 is 4.90 Å². The standard InChI is InChI=1S/C18H25ClN6OS/c1-14(2)25-17(20-21-22-25)12-27-13-18(26)24-9-7-23(8-10-24)11-15-5-3-4-6-16(15)19/h3-6,14H,7-13H2,1-2H3. The van der Waals surface area contributed by atoms with Gasteiger partial charge in [0.25, 0.3) is 0 Å². The normalized spacial score (nSPS) is 15.5. The minimum absolute atomic E-state index is 0.181. The van der Waals surface area contributed by atoms with Crippen LogP contribution in [0.2, 0.25) is 5.02 Å². The first-order valence-electron chi connectivity index (χ1n) is 9.12. The van der Waals surface area contributed by atoms with Crippen molar-refractivity contribution in [2.24, 2.45) is 0 Å². The molecule has 1 amide bonds. The summed E-state index contributed by atoms with van der Waals surface area (Å²) in [6.45, 7) is 8.16. The van der Waals surface area contributed by atoms with Gasteiger partial charge in [-0.3, -0.25) is 9.69 Å². The van der Waals surface area contributed by atoms with Gasteiger partial charge in [0.1, 0.15) is 0 Å². The van der Waals surface area contributed by atoms with Crippen molar-refractivity contribution >= 4 is 29.3 Å². The molecular weight excluding hydrogens is 384 g/mol. The van der Waals surface area contributed by atoms with Crippen LogP contribution in [-0.4, -0.2) is 67.8 Å². The molecule has 1 aliphatic rings. The Kier molecular flexibility index (Phi) is 7.09. The van der Waals surface area contributed by atoms with Gasteiger partial charge in [-0.15, -0.1) is 16.9 Å². The highest BCUT2D eigenvalue weighted by molar-refractivity contribution is 7.99. The van der Waals surface area contributed by atoms with Crippen LogP contribution >= 0.6 is 23.4 Å². The van der Waals surface area contributed by atoms with Gasteiger partial charge in [-0.25, -0.2) is 4.68 Å². The van der Waals surface area contributed by atoms with Crippen molar-refractivity contribution < 1.29 is 4.79 Å². The number of halogens is 1. The van der Waals surface area contributed by atoms with E-state index in [-0.39, 0.29) is 11.9 Å². The van der Waals surface area contributed by atoms with Gasteiger partial charge in [0.15, 0.2) is 5.82 Å². The molecular formula is C18H25ClN6OS. The van der Waals surface area contributed by atoms with Gasteiger partial charge in [-0.1, -0.05) is 29.8 Å². The van der Waals surface area contributed by atoms with Crippen LogP contribution < -0.4 is 0 Å². The molecule has 1 fully saturated rings. The van der Waals surface area contributed by atoms with Crippen molar-refractivity contribution in [1.29, 1.82) is 0 Å². The lowest BCUT2D eigenvalue weighted by atomic mass is 10.2. The van der Waals surface area contributed by atoms with Gasteiger partial charge in [-0.2, -0.15) is 0 Å². The van der Waals surface area contributed by atoms with E-state index in [1.165, 1.54) is 0 Å². The Bertz CT molecular complexity index is 760. The van der Waals surface area contributed by atoms with Gasteiger partial charge in [-0.05, 0) is 35.9 Å². The zero-order valence-electron chi connectivity index (χ0n) is 15.7. The second-order valence-electron chi connectivity index (χ2n) is 6.87. The fourth-order valence-corrected chi connectivity index (χ4v) is 4.08. The van der Waals surface area contributed by atoms with Crippen molar-refractivity contribution in [3.8, 4) is 0 Å². The number of hydrogen-bond donors (Lipinski definition) is 0. The molecule has 7 nitrogen and oxygen atoms in total. The van der Waals surface area contributed by atoms with E-state index >= 15 is 0 Å². The number of thioether (sulfide) groups is 1. The summed E-state index contributed by atoms with van der Waals surface area (Å²) in [6, 6.07) is 8.15. The van der Waals surface area contributed by atoms with Crippen LogP contribution in [-0.2, 0) is 17.1 Å². The Balaban J connectivity index is 1.41. The van der Waals surface area contributed by atoms with E-state index in [2.05, 4.69) is 26.5 Å². The Labute approximate surface area is 169 Å². The number of tetrazole rings is 1. The molecule has 27 heavy (non-hydrogen) atoms. The van der Waals surface area contributed by atoms with Crippen molar-refractivity contribution in [1.82, 2.24) is 30.0 Å². The first-order valence-corrected chi connectivity index (χ1v) is 10.7. The second kappa shape index (κ2) is 9.52. The number of amides is 1. The number of benzene rings is 1. The van der Waals surface area contributed by atoms with Crippen molar-refractivity contribution in [2.75, 3.05) is 31.9 Å². The molecule has 0 radical (unpaired) electrons. The largest absolute Gasteiger partial charge is 0.339 e. The second-order valence-corrected chi connectivity index (χ2v) is 8.27. The first-order chi connectivity index (χ1) is 13.0. The highest BCUT2D eigenvalue weighted by Gasteiger charge is 2.21. The van der Waals surface area contributed by atoms with E-state index in [4.69, 9.17) is 11.6 Å². The van der Waals surface area contributed by atoms with Crippen molar-refractivity contribution in [3.63, 3.8) is 0 Å². The topological polar surface area (TPSA) is 67.2 Å². The van der Waals surface area contributed by atoms with E-state index in [1.807, 2.05) is 36.9 Å². The van der Waals surface area contributed by atoms with Gasteiger partial charge >= 0.3 is 0 Å². The summed E-state index contributed by atoms with van der Waals surface area (Å²) in [5.74, 6) is 2.09. The maximum absolute atomic E-state index is 12.5. The third-order valence-corrected chi connectivity index (χ3v) is 5.87. The summed E-state index contributed by atoms with van der Waals surface area (Å²) >= 11 is 7.81. The third-order valence-electron chi connectivity index (χ3n) is 4.58. The minimum atomic E-state index is 0.181. The molecule has 1 aromatic heterocycles. The number of hydrogen-bond acceptors (Lipinski definition) is 6. The Hall–Kier alpha value is -1.64. The van der Waals surface area contributed by atoms with E-state index in [9.17, 15) is 4.79 Å². The van der Waals surface area contributed by atoms with Crippen molar-refractivity contribution in [2.45, 2.75) is 32.2 Å². The SMILES string of the molecule is CC(C)n1nnnc1CSCC(=O)N1CCN(Cc2ccccc2Cl)CC1. The molecule has 0 spiro atoms. The maximum atomic E-state index is 12.5. The van der Waals surface area contributed by atoms with Gasteiger partial charge in [0.2, 0.25) is 5.91 Å². The molecule has 0 unspecified atom stereocenters. The molecule has 2 heterocycles. The predicted molar refractivity (Wildman–Crippen MR) is 108 cm³/mol. The molecule has 0 saturated carbocycles. The fourth-order valence-electron chi connectivity index (χ4n) is 3.05. The number of carbonyl (C=O) groups excluding carboxylic acids is 1. The monoisotopic (exact) mass is 408 g/mol. The fraction of sp³-hybridized carbons (Fsp3) is 0.556. The van der Waals surface area contributed by atoms with Crippen LogP contribution in [0, 0.1) is 0 Å². The summed E-state index contributed by atoms with van der Waals surface area (Å²) in [5, 5.41) is 12.5. The first kappa shape index (κ1) is 20.1. The molecule has 1 aliphatic heterocycles. The third kappa shape index (κ3) is 5.43. The lowest BCUT2D eigenvalue weighted by Gasteiger charge is -2.34. The van der Waals surface area contributed by atoms with E-state index in [0.29, 0.717) is 11.5 Å². The van der Waals surface area contributed by atoms with Crippen LogP contribution in [0.3, 0.4) is 0 Å². The number of carbonyl (C=O) groups is 1. The van der Waals surface area contributed by atoms with Crippen molar-refractivity contribution in [3.05, 3.63) is 40.7 Å². The molecule has 9 heteroatoms. The van der Waals surface area contributed by atoms with Crippen LogP contribution in [0.5, 0.6) is 0 Å². The van der Waals surface area contributed by atoms with E-state index < -0.39 is 0 Å². The van der Waals surface area contributed by atoms with Crippen LogP contribution in [0.25, 0.3) is 0 Å². The highest BCUT2D eigenvalue weighted by Crippen LogP contribution is 2.18. The Morgan fingerprint density at radius 1 is 1.22 bits per heavy atom. The summed E-state index contributed by atoms with van der Waals surface area (Å²) in [7, 11) is 0. The molecule has 146 valence electrons. The summed E-state index contributed by atoms with van der Waals surface area (Å²) in [6.07, 6.45) is 0. The summed E-state index contributed by atoms with van der Waals surface area (Å²) in [5.41, 5.74) is 1.14. The van der Waals surface area contributed by atoms with Gasteiger partial charge in [0.05, 0.1) is 17.5 Å². The Morgan fingerprint density at radius 2 is 1.96 bits per heavy atom. The number of aromatic nitrogens is 4. The number of piperazine rings is 1. The molecule has 0 N–H and O–H groups in total. The van der Waals surface area contributed by atoms with Gasteiger partial charge in [0, 0.05) is 37.7 Å². The highest BCUT2D eigenvalue weighted by atomic mass is 35.5. The average molecular weight is 409 g/mol. The quantitative estimate of drug-likeness (QED) is 0.701. The predicted octanol–water partition coefficient (Wildman–Crippen LogP) is 2.49. The average Bonchev–Trinajstić information content (AvgIpc) is 3.13. The van der Waals surface area contributed by atoms with E-state index in [1.54, 1.807) is 16.4 Å². The summed E-state index contributed by atoms with van der Waals surface area (Å²) in [4.78, 5) is 16.8. The minimum Gasteiger partial charge on any atom is -0.339 e. The number of rotatable bonds is 7. The smallest absolute Gasteiger partial charge is 0.232 e. The molecule has 1 saturated heterocycles. The Morgan fingerprint density at radius 3 is 2.67 bits per heavy atom. The molecule has 0 aliphatic carbocycles. The molecule has 2 aromatic rings. The maximum Gasteiger partial charge on any atom is 0.232 e. The molecule has 1 aromatic carbocycles. The molecule has 0 bridgehead atoms. The zero-order chi connectivity index (χ0) is 19.2. The molecule has 3 rings (SSSR count). The number of nitrogens with zero attached hydrogens (tertiary/aromatic N) is 6. The van der Waals surface area contributed by atoms with Crippen LogP contribution in [0.4, 0.5) is 0 Å². The molecule has 0 atom stereocenters.